The molecule has 0 radical (unpaired) electrons. The van der Waals surface area contributed by atoms with Gasteiger partial charge in [0.05, 0.1) is 13.2 Å². The van der Waals surface area contributed by atoms with Crippen molar-refractivity contribution < 1.29 is 19.3 Å². The van der Waals surface area contributed by atoms with E-state index >= 15 is 0 Å². The fourth-order valence-electron chi connectivity index (χ4n) is 2.36. The largest absolute Gasteiger partial charge is 0.466 e. The van der Waals surface area contributed by atoms with Gasteiger partial charge in [-0.1, -0.05) is 31.6 Å². The molecule has 22 heavy (non-hydrogen) atoms. The maximum absolute atomic E-state index is 11.4. The fraction of sp³-hybridized carbons (Fsp3) is 0.722. The molecule has 0 amide bonds. The van der Waals surface area contributed by atoms with Crippen molar-refractivity contribution in [2.75, 3.05) is 13.2 Å². The average molecular weight is 312 g/mol. The minimum atomic E-state index is -0.102. The van der Waals surface area contributed by atoms with Gasteiger partial charge in [0, 0.05) is 12.8 Å². The first-order valence-electron chi connectivity index (χ1n) is 8.41. The number of carbonyl (C=O) groups excluding carboxylic acids is 1. The molecule has 0 aromatic carbocycles. The van der Waals surface area contributed by atoms with Gasteiger partial charge in [-0.05, 0) is 46.0 Å². The first-order valence-corrected chi connectivity index (χ1v) is 8.41. The topological polar surface area (TPSA) is 44.8 Å². The molecule has 0 aliphatic rings. The fourth-order valence-corrected chi connectivity index (χ4v) is 2.36. The van der Waals surface area contributed by atoms with Gasteiger partial charge in [0.25, 0.3) is 0 Å². The van der Waals surface area contributed by atoms with Crippen LogP contribution in [0.15, 0.2) is 23.5 Å². The van der Waals surface area contributed by atoms with Gasteiger partial charge < -0.3 is 9.62 Å². The molecule has 0 heterocycles. The number of allylic oxidation sites excluding steroid dienone is 3. The number of hydrogen-bond donors (Lipinski definition) is 0. The van der Waals surface area contributed by atoms with Crippen LogP contribution in [0.1, 0.15) is 72.6 Å². The van der Waals surface area contributed by atoms with E-state index in [1.807, 2.05) is 13.8 Å². The third-order valence-electron chi connectivity index (χ3n) is 3.52. The van der Waals surface area contributed by atoms with Crippen LogP contribution in [0.3, 0.4) is 0 Å². The van der Waals surface area contributed by atoms with E-state index in [1.54, 1.807) is 0 Å². The summed E-state index contributed by atoms with van der Waals surface area (Å²) in [6, 6.07) is 0. The first-order chi connectivity index (χ1) is 10.6. The lowest BCUT2D eigenvalue weighted by molar-refractivity contribution is -0.259. The molecule has 0 aliphatic heterocycles. The highest BCUT2D eigenvalue weighted by molar-refractivity contribution is 5.69. The zero-order valence-corrected chi connectivity index (χ0v) is 14.7. The Morgan fingerprint density at radius 1 is 0.864 bits per heavy atom. The van der Waals surface area contributed by atoms with Crippen LogP contribution in [0.4, 0.5) is 0 Å². The highest BCUT2D eigenvalue weighted by Gasteiger charge is 2.08. The summed E-state index contributed by atoms with van der Waals surface area (Å²) in [5, 5.41) is 0. The number of ether oxygens (including phenoxy) is 1. The Morgan fingerprint density at radius 3 is 2.05 bits per heavy atom. The lowest BCUT2D eigenvalue weighted by atomic mass is 9.94. The summed E-state index contributed by atoms with van der Waals surface area (Å²) in [7, 11) is 0. The molecule has 4 nitrogen and oxygen atoms in total. The molecule has 0 N–H and O–H groups in total. The van der Waals surface area contributed by atoms with Gasteiger partial charge in [-0.15, -0.1) is 0 Å². The Hall–Kier alpha value is -1.29. The normalized spacial score (nSPS) is 11.8. The zero-order valence-electron chi connectivity index (χ0n) is 14.7. The SMILES string of the molecule is C=C(CCC(CC)=C(CC)CCCC(=O)OCC)OOCC. The van der Waals surface area contributed by atoms with E-state index in [4.69, 9.17) is 14.5 Å². The summed E-state index contributed by atoms with van der Waals surface area (Å²) < 4.78 is 4.96. The van der Waals surface area contributed by atoms with Gasteiger partial charge in [0.15, 0.2) is 0 Å². The Bertz CT molecular complexity index is 358. The second-order valence-corrected chi connectivity index (χ2v) is 5.10. The molecule has 0 bridgehead atoms. The predicted octanol–water partition coefficient (Wildman–Crippen LogP) is 5.10. The van der Waals surface area contributed by atoms with E-state index in [1.165, 1.54) is 11.1 Å². The number of carbonyl (C=O) groups is 1. The van der Waals surface area contributed by atoms with Crippen LogP contribution in [0, 0.1) is 0 Å². The Kier molecular flexibility index (Phi) is 12.6. The molecular weight excluding hydrogens is 280 g/mol. The van der Waals surface area contributed by atoms with Gasteiger partial charge in [-0.3, -0.25) is 4.79 Å². The maximum atomic E-state index is 11.4. The Morgan fingerprint density at radius 2 is 1.50 bits per heavy atom. The smallest absolute Gasteiger partial charge is 0.305 e. The molecule has 0 atom stereocenters. The van der Waals surface area contributed by atoms with Crippen molar-refractivity contribution in [3.8, 4) is 0 Å². The molecule has 0 aromatic heterocycles. The minimum absolute atomic E-state index is 0.102. The molecule has 0 rings (SSSR count). The lowest BCUT2D eigenvalue weighted by Gasteiger charge is -2.14. The van der Waals surface area contributed by atoms with E-state index in [9.17, 15) is 4.79 Å². The summed E-state index contributed by atoms with van der Waals surface area (Å²) in [6.07, 6.45) is 6.04. The maximum Gasteiger partial charge on any atom is 0.305 e. The van der Waals surface area contributed by atoms with Gasteiger partial charge in [-0.2, -0.15) is 4.89 Å². The van der Waals surface area contributed by atoms with Crippen LogP contribution >= 0.6 is 0 Å². The van der Waals surface area contributed by atoms with Crippen molar-refractivity contribution in [3.63, 3.8) is 0 Å². The van der Waals surface area contributed by atoms with Crippen LogP contribution in [-0.4, -0.2) is 19.2 Å². The molecule has 4 heteroatoms. The predicted molar refractivity (Wildman–Crippen MR) is 89.2 cm³/mol. The summed E-state index contributed by atoms with van der Waals surface area (Å²) in [6.45, 7) is 12.9. The minimum Gasteiger partial charge on any atom is -0.466 e. The van der Waals surface area contributed by atoms with Gasteiger partial charge in [-0.25, -0.2) is 0 Å². The van der Waals surface area contributed by atoms with E-state index in [0.717, 1.165) is 38.5 Å². The first kappa shape index (κ1) is 20.7. The van der Waals surface area contributed by atoms with Gasteiger partial charge in [0.2, 0.25) is 0 Å². The van der Waals surface area contributed by atoms with Crippen molar-refractivity contribution in [2.24, 2.45) is 0 Å². The molecule has 0 saturated heterocycles. The van der Waals surface area contributed by atoms with E-state index < -0.39 is 0 Å². The van der Waals surface area contributed by atoms with Crippen LogP contribution < -0.4 is 0 Å². The number of esters is 1. The van der Waals surface area contributed by atoms with Crippen LogP contribution in [0.2, 0.25) is 0 Å². The summed E-state index contributed by atoms with van der Waals surface area (Å²) in [5.74, 6) is 0.560. The molecule has 0 aliphatic carbocycles. The second kappa shape index (κ2) is 13.4. The van der Waals surface area contributed by atoms with Crippen LogP contribution in [-0.2, 0) is 19.3 Å². The molecule has 0 unspecified atom stereocenters. The Labute approximate surface area is 135 Å². The number of rotatable bonds is 13. The van der Waals surface area contributed by atoms with Crippen LogP contribution in [0.25, 0.3) is 0 Å². The summed E-state index contributed by atoms with van der Waals surface area (Å²) >= 11 is 0. The van der Waals surface area contributed by atoms with Crippen molar-refractivity contribution in [3.05, 3.63) is 23.5 Å². The van der Waals surface area contributed by atoms with Crippen molar-refractivity contribution >= 4 is 5.97 Å². The zero-order chi connectivity index (χ0) is 16.8. The van der Waals surface area contributed by atoms with Crippen LogP contribution in [0.5, 0.6) is 0 Å². The highest BCUT2D eigenvalue weighted by atomic mass is 17.2. The van der Waals surface area contributed by atoms with Crippen molar-refractivity contribution in [1.82, 2.24) is 0 Å². The quantitative estimate of drug-likeness (QED) is 0.156. The molecular formula is C18H32O4. The second-order valence-electron chi connectivity index (χ2n) is 5.10. The van der Waals surface area contributed by atoms with Crippen molar-refractivity contribution in [1.29, 1.82) is 0 Å². The lowest BCUT2D eigenvalue weighted by Crippen LogP contribution is -2.04. The van der Waals surface area contributed by atoms with Crippen molar-refractivity contribution in [2.45, 2.75) is 72.6 Å². The monoisotopic (exact) mass is 312 g/mol. The molecule has 0 fully saturated rings. The third kappa shape index (κ3) is 9.61. The van der Waals surface area contributed by atoms with Gasteiger partial charge in [0.1, 0.15) is 5.76 Å². The summed E-state index contributed by atoms with van der Waals surface area (Å²) in [4.78, 5) is 21.3. The molecule has 0 saturated carbocycles. The standard InChI is InChI=1S/C18H32O4/c1-6-16(11-10-12-18(19)20-8-3)17(7-2)14-13-15(5)22-21-9-4/h5-14H2,1-4H3. The highest BCUT2D eigenvalue weighted by Crippen LogP contribution is 2.24. The van der Waals surface area contributed by atoms with E-state index in [-0.39, 0.29) is 5.97 Å². The molecule has 0 aromatic rings. The Balaban J connectivity index is 4.36. The third-order valence-corrected chi connectivity index (χ3v) is 3.52. The number of hydrogen-bond acceptors (Lipinski definition) is 4. The molecule has 128 valence electrons. The van der Waals surface area contributed by atoms with E-state index in [2.05, 4.69) is 20.4 Å². The average Bonchev–Trinajstić information content (AvgIpc) is 2.51. The van der Waals surface area contributed by atoms with Gasteiger partial charge >= 0.3 is 5.97 Å². The summed E-state index contributed by atoms with van der Waals surface area (Å²) in [5.41, 5.74) is 2.88. The van der Waals surface area contributed by atoms with E-state index in [0.29, 0.717) is 25.4 Å². The molecule has 0 spiro atoms.